The van der Waals surface area contributed by atoms with Crippen LogP contribution in [-0.4, -0.2) is 4.98 Å². The first-order valence-electron chi connectivity index (χ1n) is 5.31. The predicted octanol–water partition coefficient (Wildman–Crippen LogP) is 3.50. The lowest BCUT2D eigenvalue weighted by Gasteiger charge is -2.12. The third-order valence-corrected chi connectivity index (χ3v) is 3.04. The van der Waals surface area contributed by atoms with Gasteiger partial charge in [0, 0.05) is 21.4 Å². The molecule has 0 saturated carbocycles. The lowest BCUT2D eigenvalue weighted by atomic mass is 10.1. The molecule has 0 saturated heterocycles. The van der Waals surface area contributed by atoms with E-state index >= 15 is 0 Å². The van der Waals surface area contributed by atoms with Crippen molar-refractivity contribution >= 4 is 22.6 Å². The third-order valence-electron chi connectivity index (χ3n) is 2.32. The first kappa shape index (κ1) is 12.3. The molecule has 0 radical (unpaired) electrons. The highest BCUT2D eigenvalue weighted by molar-refractivity contribution is 14.1. The Morgan fingerprint density at radius 1 is 1.24 bits per heavy atom. The van der Waals surface area contributed by atoms with Crippen LogP contribution in [-0.2, 0) is 0 Å². The summed E-state index contributed by atoms with van der Waals surface area (Å²) < 4.78 is 6.90. The molecular formula is C13H13IN2O. The second kappa shape index (κ2) is 5.46. The molecule has 2 rings (SSSR count). The molecule has 1 aromatic carbocycles. The number of halogens is 1. The maximum absolute atomic E-state index is 5.87. The lowest BCUT2D eigenvalue weighted by molar-refractivity contribution is 0.452. The molecule has 0 aliphatic carbocycles. The van der Waals surface area contributed by atoms with Crippen LogP contribution >= 0.6 is 22.6 Å². The van der Waals surface area contributed by atoms with Crippen LogP contribution in [0.1, 0.15) is 18.5 Å². The summed E-state index contributed by atoms with van der Waals surface area (Å²) in [6.45, 7) is 1.91. The van der Waals surface area contributed by atoms with Crippen LogP contribution in [0.3, 0.4) is 0 Å². The summed E-state index contributed by atoms with van der Waals surface area (Å²) in [7, 11) is 0. The van der Waals surface area contributed by atoms with E-state index < -0.39 is 0 Å². The summed E-state index contributed by atoms with van der Waals surface area (Å²) in [4.78, 5) is 4.21. The van der Waals surface area contributed by atoms with Crippen molar-refractivity contribution in [1.82, 2.24) is 4.98 Å². The van der Waals surface area contributed by atoms with Gasteiger partial charge in [0.05, 0.1) is 0 Å². The van der Waals surface area contributed by atoms with E-state index in [1.165, 1.54) is 3.57 Å². The van der Waals surface area contributed by atoms with Crippen LogP contribution in [0.25, 0.3) is 0 Å². The average molecular weight is 340 g/mol. The van der Waals surface area contributed by atoms with Crippen LogP contribution in [0.15, 0.2) is 42.6 Å². The summed E-state index contributed by atoms with van der Waals surface area (Å²) in [5.74, 6) is 1.34. The Hall–Kier alpha value is -1.14. The highest BCUT2D eigenvalue weighted by atomic mass is 127. The van der Waals surface area contributed by atoms with Crippen LogP contribution in [0, 0.1) is 3.57 Å². The number of nitrogens with zero attached hydrogens (tertiary/aromatic N) is 1. The fraction of sp³-hybridized carbons (Fsp3) is 0.154. The van der Waals surface area contributed by atoms with Crippen LogP contribution in [0.5, 0.6) is 11.6 Å². The zero-order chi connectivity index (χ0) is 12.3. The fourth-order valence-electron chi connectivity index (χ4n) is 1.45. The number of aromatic nitrogens is 1. The molecule has 0 bridgehead atoms. The van der Waals surface area contributed by atoms with Gasteiger partial charge >= 0.3 is 0 Å². The van der Waals surface area contributed by atoms with E-state index in [1.807, 2.05) is 43.3 Å². The number of pyridine rings is 1. The van der Waals surface area contributed by atoms with E-state index in [0.717, 1.165) is 11.3 Å². The monoisotopic (exact) mass is 340 g/mol. The molecule has 0 unspecified atom stereocenters. The molecule has 1 heterocycles. The van der Waals surface area contributed by atoms with E-state index in [0.29, 0.717) is 5.88 Å². The summed E-state index contributed by atoms with van der Waals surface area (Å²) >= 11 is 2.25. The third kappa shape index (κ3) is 3.17. The Balaban J connectivity index is 2.26. The molecule has 0 aliphatic rings. The Labute approximate surface area is 114 Å². The first-order valence-corrected chi connectivity index (χ1v) is 6.38. The second-order valence-electron chi connectivity index (χ2n) is 3.74. The smallest absolute Gasteiger partial charge is 0.223 e. The Morgan fingerprint density at radius 2 is 1.94 bits per heavy atom. The summed E-state index contributed by atoms with van der Waals surface area (Å²) in [5.41, 5.74) is 6.78. The molecule has 17 heavy (non-hydrogen) atoms. The van der Waals surface area contributed by atoms with Gasteiger partial charge in [0.1, 0.15) is 5.75 Å². The summed E-state index contributed by atoms with van der Waals surface area (Å²) in [6.07, 6.45) is 1.70. The molecule has 1 aromatic heterocycles. The lowest BCUT2D eigenvalue weighted by Crippen LogP contribution is -2.07. The van der Waals surface area contributed by atoms with Crippen molar-refractivity contribution < 1.29 is 4.74 Å². The van der Waals surface area contributed by atoms with Crippen molar-refractivity contribution in [2.24, 2.45) is 5.73 Å². The SMILES string of the molecule is C[C@@H](N)c1cccnc1Oc1ccc(I)cc1. The quantitative estimate of drug-likeness (QED) is 0.870. The maximum atomic E-state index is 5.87. The largest absolute Gasteiger partial charge is 0.439 e. The highest BCUT2D eigenvalue weighted by Gasteiger charge is 2.09. The van der Waals surface area contributed by atoms with Crippen molar-refractivity contribution in [3.8, 4) is 11.6 Å². The number of rotatable bonds is 3. The van der Waals surface area contributed by atoms with Crippen LogP contribution in [0.2, 0.25) is 0 Å². The van der Waals surface area contributed by atoms with Crippen molar-refractivity contribution in [2.45, 2.75) is 13.0 Å². The van der Waals surface area contributed by atoms with Crippen molar-refractivity contribution in [1.29, 1.82) is 0 Å². The van der Waals surface area contributed by atoms with E-state index in [4.69, 9.17) is 10.5 Å². The molecule has 2 N–H and O–H groups in total. The Bertz CT molecular complexity index is 497. The molecule has 0 fully saturated rings. The molecule has 0 amide bonds. The van der Waals surface area contributed by atoms with Gasteiger partial charge in [0.25, 0.3) is 0 Å². The van der Waals surface area contributed by atoms with Crippen LogP contribution < -0.4 is 10.5 Å². The molecule has 1 atom stereocenters. The first-order chi connectivity index (χ1) is 8.16. The van der Waals surface area contributed by atoms with Crippen molar-refractivity contribution in [2.75, 3.05) is 0 Å². The molecule has 88 valence electrons. The van der Waals surface area contributed by atoms with Gasteiger partial charge in [0.2, 0.25) is 5.88 Å². The predicted molar refractivity (Wildman–Crippen MR) is 76.1 cm³/mol. The van der Waals surface area contributed by atoms with Gasteiger partial charge in [-0.25, -0.2) is 4.98 Å². The average Bonchev–Trinajstić information content (AvgIpc) is 2.32. The van der Waals surface area contributed by atoms with Gasteiger partial charge in [0.15, 0.2) is 0 Å². The molecule has 2 aromatic rings. The number of hydrogen-bond acceptors (Lipinski definition) is 3. The van der Waals surface area contributed by atoms with Crippen molar-refractivity contribution in [3.05, 3.63) is 51.7 Å². The minimum atomic E-state index is -0.0949. The van der Waals surface area contributed by atoms with Gasteiger partial charge < -0.3 is 10.5 Å². The van der Waals surface area contributed by atoms with E-state index in [2.05, 4.69) is 27.6 Å². The van der Waals surface area contributed by atoms with Gasteiger partial charge in [-0.3, -0.25) is 0 Å². The van der Waals surface area contributed by atoms with E-state index in [9.17, 15) is 0 Å². The fourth-order valence-corrected chi connectivity index (χ4v) is 1.81. The molecule has 3 nitrogen and oxygen atoms in total. The van der Waals surface area contributed by atoms with Gasteiger partial charge in [-0.2, -0.15) is 0 Å². The maximum Gasteiger partial charge on any atom is 0.223 e. The molecule has 0 aliphatic heterocycles. The standard InChI is InChI=1S/C13H13IN2O/c1-9(15)12-3-2-8-16-13(12)17-11-6-4-10(14)5-7-11/h2-9H,15H2,1H3/t9-/m1/s1. The Morgan fingerprint density at radius 3 is 2.59 bits per heavy atom. The summed E-state index contributed by atoms with van der Waals surface area (Å²) in [5, 5.41) is 0. The number of hydrogen-bond donors (Lipinski definition) is 1. The molecular weight excluding hydrogens is 327 g/mol. The minimum absolute atomic E-state index is 0.0949. The van der Waals surface area contributed by atoms with Gasteiger partial charge in [-0.05, 0) is 59.8 Å². The number of benzene rings is 1. The second-order valence-corrected chi connectivity index (χ2v) is 4.99. The van der Waals surface area contributed by atoms with Gasteiger partial charge in [-0.1, -0.05) is 6.07 Å². The van der Waals surface area contributed by atoms with E-state index in [-0.39, 0.29) is 6.04 Å². The van der Waals surface area contributed by atoms with Crippen LogP contribution in [0.4, 0.5) is 0 Å². The Kier molecular flexibility index (Phi) is 3.96. The van der Waals surface area contributed by atoms with E-state index in [1.54, 1.807) is 6.20 Å². The van der Waals surface area contributed by atoms with Gasteiger partial charge in [-0.15, -0.1) is 0 Å². The molecule has 0 spiro atoms. The topological polar surface area (TPSA) is 48.1 Å². The summed E-state index contributed by atoms with van der Waals surface area (Å²) in [6, 6.07) is 11.5. The normalized spacial score (nSPS) is 12.2. The number of nitrogens with two attached hydrogens (primary N) is 1. The van der Waals surface area contributed by atoms with Crippen molar-refractivity contribution in [3.63, 3.8) is 0 Å². The zero-order valence-electron chi connectivity index (χ0n) is 9.43. The minimum Gasteiger partial charge on any atom is -0.439 e. The number of ether oxygens (including phenoxy) is 1. The molecule has 4 heteroatoms. The highest BCUT2D eigenvalue weighted by Crippen LogP contribution is 2.26. The zero-order valence-corrected chi connectivity index (χ0v) is 11.6.